The van der Waals surface area contributed by atoms with Gasteiger partial charge in [0.2, 0.25) is 0 Å². The van der Waals surface area contributed by atoms with Crippen LogP contribution in [0.5, 0.6) is 0 Å². The van der Waals surface area contributed by atoms with E-state index in [1.807, 2.05) is 27.7 Å². The number of ether oxygens (including phenoxy) is 1. The number of carboxylic acid groups (broad SMARTS) is 1. The first-order chi connectivity index (χ1) is 6.16. The van der Waals surface area contributed by atoms with Crippen molar-refractivity contribution in [2.75, 3.05) is 0 Å². The van der Waals surface area contributed by atoms with Gasteiger partial charge < -0.3 is 9.84 Å². The maximum atomic E-state index is 10.9. The van der Waals surface area contributed by atoms with Crippen LogP contribution in [-0.2, 0) is 9.53 Å². The lowest BCUT2D eigenvalue weighted by molar-refractivity contribution is -0.132. The van der Waals surface area contributed by atoms with Crippen LogP contribution in [0.4, 0.5) is 0 Å². The predicted octanol–water partition coefficient (Wildman–Crippen LogP) is 2.37. The molecule has 0 aromatic heterocycles. The Kier molecular flexibility index (Phi) is 2.48. The second-order valence-electron chi connectivity index (χ2n) is 4.96. The van der Waals surface area contributed by atoms with E-state index in [2.05, 4.69) is 0 Å². The summed E-state index contributed by atoms with van der Waals surface area (Å²) in [6.45, 7) is 9.45. The molecule has 3 heteroatoms. The van der Waals surface area contributed by atoms with Crippen LogP contribution in [0.15, 0.2) is 11.1 Å². The van der Waals surface area contributed by atoms with Gasteiger partial charge in [0.25, 0.3) is 0 Å². The molecular weight excluding hydrogens is 180 g/mol. The van der Waals surface area contributed by atoms with E-state index >= 15 is 0 Å². The maximum absolute atomic E-state index is 10.9. The molecule has 0 aromatic rings. The molecule has 0 aromatic carbocycles. The number of carboxylic acids is 1. The summed E-state index contributed by atoms with van der Waals surface area (Å²) < 4.78 is 5.80. The minimum absolute atomic E-state index is 0.254. The van der Waals surface area contributed by atoms with Crippen LogP contribution in [0.3, 0.4) is 0 Å². The Morgan fingerprint density at radius 3 is 2.14 bits per heavy atom. The fourth-order valence-electron chi connectivity index (χ4n) is 2.14. The van der Waals surface area contributed by atoms with E-state index in [4.69, 9.17) is 9.84 Å². The Labute approximate surface area is 84.8 Å². The molecule has 3 nitrogen and oxygen atoms in total. The first-order valence-electron chi connectivity index (χ1n) is 4.79. The molecule has 1 fully saturated rings. The summed E-state index contributed by atoms with van der Waals surface area (Å²) in [4.78, 5) is 10.9. The molecule has 14 heavy (non-hydrogen) atoms. The van der Waals surface area contributed by atoms with Crippen LogP contribution in [0.2, 0.25) is 0 Å². The molecule has 0 unspecified atom stereocenters. The van der Waals surface area contributed by atoms with Crippen LogP contribution in [0.25, 0.3) is 0 Å². The third-order valence-corrected chi connectivity index (χ3v) is 2.63. The molecule has 0 aliphatic carbocycles. The van der Waals surface area contributed by atoms with Gasteiger partial charge in [-0.1, -0.05) is 0 Å². The van der Waals surface area contributed by atoms with Crippen LogP contribution in [-0.4, -0.2) is 22.3 Å². The highest BCUT2D eigenvalue weighted by Crippen LogP contribution is 2.42. The largest absolute Gasteiger partial charge is 0.478 e. The van der Waals surface area contributed by atoms with Gasteiger partial charge in [-0.25, -0.2) is 4.79 Å². The van der Waals surface area contributed by atoms with Gasteiger partial charge >= 0.3 is 5.97 Å². The molecule has 0 radical (unpaired) electrons. The lowest BCUT2D eigenvalue weighted by atomic mass is 9.90. The standard InChI is InChI=1S/C11H18O3/c1-7(9(12)13)8-6-10(2,3)14-11(8,4)5/h6H2,1-5H3,(H,12,13)/b8-7+. The predicted molar refractivity (Wildman–Crippen MR) is 54.2 cm³/mol. The smallest absolute Gasteiger partial charge is 0.331 e. The molecule has 0 amide bonds. The molecule has 1 aliphatic heterocycles. The van der Waals surface area contributed by atoms with Gasteiger partial charge in [0, 0.05) is 12.0 Å². The zero-order valence-corrected chi connectivity index (χ0v) is 9.47. The van der Waals surface area contributed by atoms with Crippen molar-refractivity contribution in [3.63, 3.8) is 0 Å². The van der Waals surface area contributed by atoms with E-state index in [0.29, 0.717) is 12.0 Å². The first kappa shape index (κ1) is 11.2. The Morgan fingerprint density at radius 2 is 1.86 bits per heavy atom. The van der Waals surface area contributed by atoms with Gasteiger partial charge in [0.1, 0.15) is 0 Å². The van der Waals surface area contributed by atoms with Crippen LogP contribution in [0.1, 0.15) is 41.0 Å². The SMILES string of the molecule is C/C(C(=O)O)=C1/CC(C)(C)OC1(C)C. The normalized spacial score (nSPS) is 27.5. The minimum atomic E-state index is -0.852. The highest BCUT2D eigenvalue weighted by Gasteiger charge is 2.43. The fourth-order valence-corrected chi connectivity index (χ4v) is 2.14. The molecular formula is C11H18O3. The summed E-state index contributed by atoms with van der Waals surface area (Å²) >= 11 is 0. The molecule has 80 valence electrons. The second-order valence-corrected chi connectivity index (χ2v) is 4.96. The zero-order valence-electron chi connectivity index (χ0n) is 9.47. The first-order valence-corrected chi connectivity index (χ1v) is 4.79. The molecule has 1 heterocycles. The molecule has 0 atom stereocenters. The lowest BCUT2D eigenvalue weighted by Gasteiger charge is -2.24. The van der Waals surface area contributed by atoms with Gasteiger partial charge in [-0.2, -0.15) is 0 Å². The fraction of sp³-hybridized carbons (Fsp3) is 0.727. The number of aliphatic carboxylic acids is 1. The van der Waals surface area contributed by atoms with Crippen molar-refractivity contribution in [1.29, 1.82) is 0 Å². The molecule has 1 rings (SSSR count). The summed E-state index contributed by atoms with van der Waals surface area (Å²) in [6.07, 6.45) is 0.693. The molecule has 0 saturated carbocycles. The van der Waals surface area contributed by atoms with Crippen molar-refractivity contribution in [1.82, 2.24) is 0 Å². The van der Waals surface area contributed by atoms with Gasteiger partial charge in [-0.15, -0.1) is 0 Å². The van der Waals surface area contributed by atoms with E-state index in [0.717, 1.165) is 5.57 Å². The molecule has 1 N–H and O–H groups in total. The summed E-state index contributed by atoms with van der Waals surface area (Å²) in [5.41, 5.74) is 0.609. The summed E-state index contributed by atoms with van der Waals surface area (Å²) in [6, 6.07) is 0. The molecule has 1 saturated heterocycles. The number of rotatable bonds is 1. The van der Waals surface area contributed by atoms with Crippen molar-refractivity contribution in [2.45, 2.75) is 52.2 Å². The molecule has 0 bridgehead atoms. The number of hydrogen-bond acceptors (Lipinski definition) is 2. The lowest BCUT2D eigenvalue weighted by Crippen LogP contribution is -2.27. The summed E-state index contributed by atoms with van der Waals surface area (Å²) in [7, 11) is 0. The van der Waals surface area contributed by atoms with Gasteiger partial charge in [-0.05, 0) is 40.2 Å². The van der Waals surface area contributed by atoms with Crippen molar-refractivity contribution in [3.8, 4) is 0 Å². The van der Waals surface area contributed by atoms with E-state index < -0.39 is 11.6 Å². The Balaban J connectivity index is 3.14. The molecule has 1 aliphatic rings. The van der Waals surface area contributed by atoms with Crippen LogP contribution < -0.4 is 0 Å². The highest BCUT2D eigenvalue weighted by molar-refractivity contribution is 5.87. The highest BCUT2D eigenvalue weighted by atomic mass is 16.5. The average Bonchev–Trinajstić information content (AvgIpc) is 2.17. The van der Waals surface area contributed by atoms with E-state index in [1.54, 1.807) is 6.92 Å². The van der Waals surface area contributed by atoms with Crippen molar-refractivity contribution < 1.29 is 14.6 Å². The van der Waals surface area contributed by atoms with Crippen molar-refractivity contribution >= 4 is 5.97 Å². The monoisotopic (exact) mass is 198 g/mol. The second kappa shape index (κ2) is 3.09. The van der Waals surface area contributed by atoms with Crippen molar-refractivity contribution in [3.05, 3.63) is 11.1 Å². The number of carbonyl (C=O) groups is 1. The van der Waals surface area contributed by atoms with Gasteiger partial charge in [0.05, 0.1) is 11.2 Å². The summed E-state index contributed by atoms with van der Waals surface area (Å²) in [5.74, 6) is -0.852. The third kappa shape index (κ3) is 1.98. The average molecular weight is 198 g/mol. The van der Waals surface area contributed by atoms with Gasteiger partial charge in [-0.3, -0.25) is 0 Å². The summed E-state index contributed by atoms with van der Waals surface area (Å²) in [5, 5.41) is 8.93. The van der Waals surface area contributed by atoms with E-state index in [9.17, 15) is 4.79 Å². The van der Waals surface area contributed by atoms with Crippen molar-refractivity contribution in [2.24, 2.45) is 0 Å². The van der Waals surface area contributed by atoms with E-state index in [-0.39, 0.29) is 5.60 Å². The van der Waals surface area contributed by atoms with E-state index in [1.165, 1.54) is 0 Å². The third-order valence-electron chi connectivity index (χ3n) is 2.63. The molecule has 0 spiro atoms. The minimum Gasteiger partial charge on any atom is -0.478 e. The Bertz CT molecular complexity index is 298. The Hall–Kier alpha value is -0.830. The topological polar surface area (TPSA) is 46.5 Å². The van der Waals surface area contributed by atoms with Gasteiger partial charge in [0.15, 0.2) is 0 Å². The maximum Gasteiger partial charge on any atom is 0.331 e. The zero-order chi connectivity index (χ0) is 11.1. The Morgan fingerprint density at radius 1 is 1.36 bits per heavy atom. The van der Waals surface area contributed by atoms with Crippen LogP contribution in [0, 0.1) is 0 Å². The number of hydrogen-bond donors (Lipinski definition) is 1. The quantitative estimate of drug-likeness (QED) is 0.658. The van der Waals surface area contributed by atoms with Crippen LogP contribution >= 0.6 is 0 Å².